The van der Waals surface area contributed by atoms with Gasteiger partial charge >= 0.3 is 0 Å². The number of carbonyl (C=O) groups excluding carboxylic acids is 1. The molecule has 1 N–H and O–H groups in total. The van der Waals surface area contributed by atoms with Gasteiger partial charge in [-0.2, -0.15) is 0 Å². The number of fused-ring (bicyclic) bond motifs is 1. The van der Waals surface area contributed by atoms with Gasteiger partial charge in [0.2, 0.25) is 5.91 Å². The van der Waals surface area contributed by atoms with Crippen LogP contribution in [0.4, 0.5) is 19.0 Å². The standard InChI is InChI=1S/C18H12F3N3O/c19-12-5-1-2-7-14(12)24-9-22-17-11(8-15(25)23-18(17)24)10-4-3-6-13(20)16(10)21/h1-7,9,11H,8H2,(H,23,25). The van der Waals surface area contributed by atoms with Crippen LogP contribution in [-0.2, 0) is 4.79 Å². The number of nitrogens with one attached hydrogen (secondary N) is 1. The van der Waals surface area contributed by atoms with Crippen molar-refractivity contribution in [3.63, 3.8) is 0 Å². The Morgan fingerprint density at radius 2 is 1.80 bits per heavy atom. The molecule has 0 radical (unpaired) electrons. The molecule has 126 valence electrons. The first-order chi connectivity index (χ1) is 12.1. The molecule has 2 aromatic carbocycles. The first kappa shape index (κ1) is 15.4. The number of hydrogen-bond acceptors (Lipinski definition) is 2. The Morgan fingerprint density at radius 3 is 2.60 bits per heavy atom. The molecule has 0 saturated carbocycles. The lowest BCUT2D eigenvalue weighted by Gasteiger charge is -2.23. The Morgan fingerprint density at radius 1 is 1.04 bits per heavy atom. The molecule has 1 amide bonds. The van der Waals surface area contributed by atoms with E-state index in [1.165, 1.54) is 35.2 Å². The summed E-state index contributed by atoms with van der Waals surface area (Å²) in [6.45, 7) is 0. The van der Waals surface area contributed by atoms with Crippen LogP contribution in [0.2, 0.25) is 0 Å². The topological polar surface area (TPSA) is 46.9 Å². The Hall–Kier alpha value is -3.09. The first-order valence-electron chi connectivity index (χ1n) is 7.62. The number of para-hydroxylation sites is 1. The van der Waals surface area contributed by atoms with Gasteiger partial charge in [-0.3, -0.25) is 9.36 Å². The highest BCUT2D eigenvalue weighted by molar-refractivity contribution is 5.94. The molecule has 2 heterocycles. The summed E-state index contributed by atoms with van der Waals surface area (Å²) in [6.07, 6.45) is 1.29. The quantitative estimate of drug-likeness (QED) is 0.770. The molecule has 0 aliphatic carbocycles. The molecule has 4 nitrogen and oxygen atoms in total. The summed E-state index contributed by atoms with van der Waals surface area (Å²) in [6, 6.07) is 9.85. The number of carbonyl (C=O) groups is 1. The molecule has 1 aliphatic heterocycles. The second-order valence-electron chi connectivity index (χ2n) is 5.75. The largest absolute Gasteiger partial charge is 0.310 e. The highest BCUT2D eigenvalue weighted by Crippen LogP contribution is 2.38. The minimum absolute atomic E-state index is 0.0508. The van der Waals surface area contributed by atoms with Crippen molar-refractivity contribution >= 4 is 11.7 Å². The number of halogens is 3. The van der Waals surface area contributed by atoms with E-state index in [2.05, 4.69) is 10.3 Å². The lowest BCUT2D eigenvalue weighted by Crippen LogP contribution is -2.25. The van der Waals surface area contributed by atoms with Gasteiger partial charge < -0.3 is 5.32 Å². The molecule has 0 fully saturated rings. The molecule has 1 aliphatic rings. The SMILES string of the molecule is O=C1CC(c2cccc(F)c2F)c2ncn(-c3ccccc3F)c2N1. The number of hydrogen-bond donors (Lipinski definition) is 1. The smallest absolute Gasteiger partial charge is 0.226 e. The molecular weight excluding hydrogens is 331 g/mol. The van der Waals surface area contributed by atoms with Crippen molar-refractivity contribution < 1.29 is 18.0 Å². The van der Waals surface area contributed by atoms with Gasteiger partial charge in [0.1, 0.15) is 18.0 Å². The fourth-order valence-electron chi connectivity index (χ4n) is 3.08. The Bertz CT molecular complexity index is 983. The molecule has 25 heavy (non-hydrogen) atoms. The zero-order valence-electron chi connectivity index (χ0n) is 12.8. The summed E-state index contributed by atoms with van der Waals surface area (Å²) in [5.74, 6) is -3.34. The second-order valence-corrected chi connectivity index (χ2v) is 5.75. The second kappa shape index (κ2) is 5.77. The van der Waals surface area contributed by atoms with E-state index in [0.717, 1.165) is 6.07 Å². The first-order valence-corrected chi connectivity index (χ1v) is 7.62. The predicted molar refractivity (Wildman–Crippen MR) is 85.0 cm³/mol. The van der Waals surface area contributed by atoms with Gasteiger partial charge in [-0.05, 0) is 18.2 Å². The maximum absolute atomic E-state index is 14.2. The minimum Gasteiger partial charge on any atom is -0.310 e. The third-order valence-corrected chi connectivity index (χ3v) is 4.24. The summed E-state index contributed by atoms with van der Waals surface area (Å²) in [5, 5.41) is 2.65. The normalized spacial score (nSPS) is 16.4. The van der Waals surface area contributed by atoms with E-state index >= 15 is 0 Å². The number of imidazole rings is 1. The molecule has 0 bridgehead atoms. The van der Waals surface area contributed by atoms with Crippen LogP contribution in [0, 0.1) is 17.5 Å². The van der Waals surface area contributed by atoms with Crippen molar-refractivity contribution in [1.82, 2.24) is 9.55 Å². The van der Waals surface area contributed by atoms with E-state index < -0.39 is 23.4 Å². The predicted octanol–water partition coefficient (Wildman–Crippen LogP) is 3.76. The Labute approximate surface area is 140 Å². The van der Waals surface area contributed by atoms with Crippen molar-refractivity contribution in [3.8, 4) is 5.69 Å². The van der Waals surface area contributed by atoms with Gasteiger partial charge in [-0.1, -0.05) is 24.3 Å². The maximum Gasteiger partial charge on any atom is 0.226 e. The molecule has 0 saturated heterocycles. The molecule has 4 rings (SSSR count). The van der Waals surface area contributed by atoms with Crippen molar-refractivity contribution in [2.75, 3.05) is 5.32 Å². The Balaban J connectivity index is 1.88. The molecule has 3 aromatic rings. The van der Waals surface area contributed by atoms with Crippen LogP contribution in [0.15, 0.2) is 48.8 Å². The monoisotopic (exact) mass is 343 g/mol. The van der Waals surface area contributed by atoms with Crippen LogP contribution in [0.1, 0.15) is 23.6 Å². The zero-order chi connectivity index (χ0) is 17.6. The van der Waals surface area contributed by atoms with E-state index in [-0.39, 0.29) is 29.4 Å². The summed E-state index contributed by atoms with van der Waals surface area (Å²) in [7, 11) is 0. The average molecular weight is 343 g/mol. The van der Waals surface area contributed by atoms with Gasteiger partial charge in [0.25, 0.3) is 0 Å². The number of anilines is 1. The fourth-order valence-corrected chi connectivity index (χ4v) is 3.08. The van der Waals surface area contributed by atoms with Gasteiger partial charge in [-0.25, -0.2) is 18.2 Å². The summed E-state index contributed by atoms with van der Waals surface area (Å²) >= 11 is 0. The summed E-state index contributed by atoms with van der Waals surface area (Å²) in [4.78, 5) is 16.3. The average Bonchev–Trinajstić information content (AvgIpc) is 3.01. The van der Waals surface area contributed by atoms with Crippen molar-refractivity contribution in [2.24, 2.45) is 0 Å². The van der Waals surface area contributed by atoms with Crippen LogP contribution < -0.4 is 5.32 Å². The highest BCUT2D eigenvalue weighted by Gasteiger charge is 2.33. The van der Waals surface area contributed by atoms with Crippen LogP contribution in [0.5, 0.6) is 0 Å². The third-order valence-electron chi connectivity index (χ3n) is 4.24. The van der Waals surface area contributed by atoms with Gasteiger partial charge in [0, 0.05) is 17.9 Å². The Kier molecular flexibility index (Phi) is 3.56. The number of rotatable bonds is 2. The van der Waals surface area contributed by atoms with Gasteiger partial charge in [0.05, 0.1) is 11.4 Å². The molecule has 1 unspecified atom stereocenters. The zero-order valence-corrected chi connectivity index (χ0v) is 12.8. The van der Waals surface area contributed by atoms with E-state index in [4.69, 9.17) is 0 Å². The van der Waals surface area contributed by atoms with E-state index in [9.17, 15) is 18.0 Å². The van der Waals surface area contributed by atoms with Crippen molar-refractivity contribution in [1.29, 1.82) is 0 Å². The highest BCUT2D eigenvalue weighted by atomic mass is 19.2. The number of amides is 1. The molecule has 0 spiro atoms. The number of nitrogens with zero attached hydrogens (tertiary/aromatic N) is 2. The van der Waals surface area contributed by atoms with Crippen molar-refractivity contribution in [3.05, 3.63) is 77.5 Å². The van der Waals surface area contributed by atoms with Gasteiger partial charge in [-0.15, -0.1) is 0 Å². The van der Waals surface area contributed by atoms with Gasteiger partial charge in [0.15, 0.2) is 11.6 Å². The summed E-state index contributed by atoms with van der Waals surface area (Å²) < 4.78 is 43.3. The number of benzene rings is 2. The molecule has 1 atom stereocenters. The summed E-state index contributed by atoms with van der Waals surface area (Å²) in [5.41, 5.74) is 0.624. The van der Waals surface area contributed by atoms with Crippen LogP contribution in [0.25, 0.3) is 5.69 Å². The van der Waals surface area contributed by atoms with Crippen LogP contribution in [0.3, 0.4) is 0 Å². The van der Waals surface area contributed by atoms with E-state index in [1.807, 2.05) is 0 Å². The lowest BCUT2D eigenvalue weighted by molar-refractivity contribution is -0.116. The minimum atomic E-state index is -1.01. The van der Waals surface area contributed by atoms with E-state index in [0.29, 0.717) is 5.69 Å². The third kappa shape index (κ3) is 2.48. The maximum atomic E-state index is 14.2. The molecular formula is C18H12F3N3O. The molecule has 1 aromatic heterocycles. The van der Waals surface area contributed by atoms with E-state index in [1.54, 1.807) is 12.1 Å². The fraction of sp³-hybridized carbons (Fsp3) is 0.111. The van der Waals surface area contributed by atoms with Crippen LogP contribution >= 0.6 is 0 Å². The van der Waals surface area contributed by atoms with Crippen LogP contribution in [-0.4, -0.2) is 15.5 Å². The van der Waals surface area contributed by atoms with Crippen molar-refractivity contribution in [2.45, 2.75) is 12.3 Å². The number of aromatic nitrogens is 2. The molecule has 7 heteroatoms. The lowest BCUT2D eigenvalue weighted by atomic mass is 9.89.